The van der Waals surface area contributed by atoms with Crippen molar-refractivity contribution in [3.63, 3.8) is 0 Å². The third-order valence-electron chi connectivity index (χ3n) is 2.51. The van der Waals surface area contributed by atoms with Gasteiger partial charge in [-0.05, 0) is 43.9 Å². The van der Waals surface area contributed by atoms with Crippen molar-refractivity contribution in [1.29, 1.82) is 0 Å². The summed E-state index contributed by atoms with van der Waals surface area (Å²) < 4.78 is 5.65. The van der Waals surface area contributed by atoms with Gasteiger partial charge in [0.05, 0.1) is 11.6 Å². The van der Waals surface area contributed by atoms with Crippen LogP contribution in [0.5, 0.6) is 5.75 Å². The summed E-state index contributed by atoms with van der Waals surface area (Å²) in [7, 11) is 0. The van der Waals surface area contributed by atoms with Crippen LogP contribution < -0.4 is 4.74 Å². The first-order valence-corrected chi connectivity index (χ1v) is 6.90. The molecule has 0 aliphatic carbocycles. The lowest BCUT2D eigenvalue weighted by Gasteiger charge is -2.13. The number of halogens is 2. The van der Waals surface area contributed by atoms with Crippen molar-refractivity contribution in [2.45, 2.75) is 39.5 Å². The van der Waals surface area contributed by atoms with E-state index in [1.54, 1.807) is 13.0 Å². The Balaban J connectivity index is 2.81. The summed E-state index contributed by atoms with van der Waals surface area (Å²) in [6, 6.07) is 3.54. The smallest absolute Gasteiger partial charge is 0.141 e. The topological polar surface area (TPSA) is 26.3 Å². The van der Waals surface area contributed by atoms with Crippen molar-refractivity contribution < 1.29 is 9.53 Å². The fraction of sp³-hybridized carbons (Fsp3) is 0.500. The number of hydrogen-bond donors (Lipinski definition) is 0. The predicted molar refractivity (Wildman–Crippen MR) is 75.9 cm³/mol. The normalized spacial score (nSPS) is 10.4. The van der Waals surface area contributed by atoms with Crippen molar-refractivity contribution in [3.05, 3.63) is 27.7 Å². The van der Waals surface area contributed by atoms with E-state index in [4.69, 9.17) is 27.9 Å². The summed E-state index contributed by atoms with van der Waals surface area (Å²) in [5.74, 6) is 0.894. The first-order chi connectivity index (χ1) is 8.54. The van der Waals surface area contributed by atoms with E-state index in [-0.39, 0.29) is 5.78 Å². The number of benzene rings is 1. The molecule has 0 aliphatic rings. The highest BCUT2D eigenvalue weighted by molar-refractivity contribution is 6.35. The maximum atomic E-state index is 10.9. The van der Waals surface area contributed by atoms with Crippen LogP contribution in [-0.2, 0) is 11.2 Å². The van der Waals surface area contributed by atoms with E-state index in [2.05, 4.69) is 0 Å². The first-order valence-electron chi connectivity index (χ1n) is 6.14. The number of ether oxygens (including phenoxy) is 1. The summed E-state index contributed by atoms with van der Waals surface area (Å²) in [5, 5.41) is 1.13. The Morgan fingerprint density at radius 2 is 2.06 bits per heavy atom. The van der Waals surface area contributed by atoms with Gasteiger partial charge in [0, 0.05) is 11.4 Å². The maximum absolute atomic E-state index is 10.9. The van der Waals surface area contributed by atoms with Gasteiger partial charge < -0.3 is 9.53 Å². The summed E-state index contributed by atoms with van der Waals surface area (Å²) in [6.45, 7) is 4.26. The van der Waals surface area contributed by atoms with Gasteiger partial charge in [-0.25, -0.2) is 0 Å². The van der Waals surface area contributed by atoms with E-state index < -0.39 is 0 Å². The first kappa shape index (κ1) is 15.3. The Hall–Kier alpha value is -0.730. The summed E-state index contributed by atoms with van der Waals surface area (Å²) in [6.07, 6.45) is 3.02. The van der Waals surface area contributed by atoms with Gasteiger partial charge in [0.15, 0.2) is 0 Å². The van der Waals surface area contributed by atoms with Gasteiger partial charge >= 0.3 is 0 Å². The second-order valence-corrected chi connectivity index (χ2v) is 5.12. The lowest BCUT2D eigenvalue weighted by Crippen LogP contribution is -2.01. The number of rotatable bonds is 7. The molecular formula is C14H18Cl2O2. The predicted octanol–water partition coefficient (Wildman–Crippen LogP) is 4.69. The number of carbonyl (C=O) groups excluding carboxylic acids is 1. The Kier molecular flexibility index (Phi) is 6.51. The third kappa shape index (κ3) is 4.87. The van der Waals surface area contributed by atoms with Crippen LogP contribution in [0.15, 0.2) is 12.1 Å². The van der Waals surface area contributed by atoms with Crippen molar-refractivity contribution >= 4 is 29.0 Å². The zero-order valence-corrected chi connectivity index (χ0v) is 12.3. The van der Waals surface area contributed by atoms with Crippen LogP contribution in [0.25, 0.3) is 0 Å². The van der Waals surface area contributed by atoms with Gasteiger partial charge in [0.1, 0.15) is 11.5 Å². The monoisotopic (exact) mass is 288 g/mol. The van der Waals surface area contributed by atoms with E-state index in [0.29, 0.717) is 28.8 Å². The standard InChI is InChI=1S/C14H18Cl2O2/c1-3-7-18-14-11(6-4-5-10(2)17)8-12(15)9-13(14)16/h8-9H,3-7H2,1-2H3. The number of ketones is 1. The lowest BCUT2D eigenvalue weighted by atomic mass is 10.1. The summed E-state index contributed by atoms with van der Waals surface area (Å²) in [5.41, 5.74) is 0.974. The number of Topliss-reactive ketones (excluding diaryl/α,β-unsaturated/α-hetero) is 1. The lowest BCUT2D eigenvalue weighted by molar-refractivity contribution is -0.117. The van der Waals surface area contributed by atoms with Gasteiger partial charge in [-0.2, -0.15) is 0 Å². The van der Waals surface area contributed by atoms with Crippen LogP contribution in [0.3, 0.4) is 0 Å². The summed E-state index contributed by atoms with van der Waals surface area (Å²) in [4.78, 5) is 10.9. The molecule has 4 heteroatoms. The van der Waals surface area contributed by atoms with Crippen LogP contribution in [0.1, 0.15) is 38.7 Å². The average Bonchev–Trinajstić information content (AvgIpc) is 2.27. The molecule has 0 radical (unpaired) electrons. The molecule has 2 nitrogen and oxygen atoms in total. The third-order valence-corrected chi connectivity index (χ3v) is 3.01. The van der Waals surface area contributed by atoms with Crippen LogP contribution in [0.2, 0.25) is 10.0 Å². The van der Waals surface area contributed by atoms with Gasteiger partial charge in [0.2, 0.25) is 0 Å². The molecule has 18 heavy (non-hydrogen) atoms. The fourth-order valence-electron chi connectivity index (χ4n) is 1.69. The van der Waals surface area contributed by atoms with E-state index >= 15 is 0 Å². The Bertz CT molecular complexity index is 417. The SMILES string of the molecule is CCCOc1c(Cl)cc(Cl)cc1CCCC(C)=O. The van der Waals surface area contributed by atoms with Gasteiger partial charge in [0.25, 0.3) is 0 Å². The molecule has 0 aliphatic heterocycles. The largest absolute Gasteiger partial charge is 0.492 e. The Morgan fingerprint density at radius 3 is 2.67 bits per heavy atom. The molecule has 0 fully saturated rings. The number of carbonyl (C=O) groups is 1. The van der Waals surface area contributed by atoms with E-state index in [1.807, 2.05) is 13.0 Å². The maximum Gasteiger partial charge on any atom is 0.141 e. The Morgan fingerprint density at radius 1 is 1.33 bits per heavy atom. The van der Waals surface area contributed by atoms with E-state index in [0.717, 1.165) is 24.8 Å². The molecule has 1 aromatic carbocycles. The highest BCUT2D eigenvalue weighted by Gasteiger charge is 2.10. The van der Waals surface area contributed by atoms with Crippen LogP contribution in [0.4, 0.5) is 0 Å². The van der Waals surface area contributed by atoms with Crippen molar-refractivity contribution in [2.24, 2.45) is 0 Å². The zero-order chi connectivity index (χ0) is 13.5. The molecule has 0 bridgehead atoms. The molecule has 0 aromatic heterocycles. The highest BCUT2D eigenvalue weighted by Crippen LogP contribution is 2.33. The highest BCUT2D eigenvalue weighted by atomic mass is 35.5. The minimum Gasteiger partial charge on any atom is -0.492 e. The van der Waals surface area contributed by atoms with Crippen molar-refractivity contribution in [1.82, 2.24) is 0 Å². The molecule has 0 saturated heterocycles. The zero-order valence-electron chi connectivity index (χ0n) is 10.8. The fourth-order valence-corrected chi connectivity index (χ4v) is 2.28. The van der Waals surface area contributed by atoms with Crippen molar-refractivity contribution in [2.75, 3.05) is 6.61 Å². The molecule has 1 aromatic rings. The number of aryl methyl sites for hydroxylation is 1. The molecule has 100 valence electrons. The molecule has 0 saturated carbocycles. The van der Waals surface area contributed by atoms with Crippen LogP contribution in [0, 0.1) is 0 Å². The molecule has 0 amide bonds. The molecule has 1 rings (SSSR count). The van der Waals surface area contributed by atoms with Crippen molar-refractivity contribution in [3.8, 4) is 5.75 Å². The molecular weight excluding hydrogens is 271 g/mol. The molecule has 0 heterocycles. The molecule has 0 spiro atoms. The second-order valence-electron chi connectivity index (χ2n) is 4.28. The number of hydrogen-bond acceptors (Lipinski definition) is 2. The molecule has 0 atom stereocenters. The van der Waals surface area contributed by atoms with E-state index in [1.165, 1.54) is 0 Å². The van der Waals surface area contributed by atoms with E-state index in [9.17, 15) is 4.79 Å². The minimum absolute atomic E-state index is 0.194. The van der Waals surface area contributed by atoms with Crippen LogP contribution >= 0.6 is 23.2 Å². The van der Waals surface area contributed by atoms with Gasteiger partial charge in [-0.15, -0.1) is 0 Å². The molecule has 0 N–H and O–H groups in total. The minimum atomic E-state index is 0.194. The quantitative estimate of drug-likeness (QED) is 0.727. The summed E-state index contributed by atoms with van der Waals surface area (Å²) >= 11 is 12.1. The Labute approximate surface area is 118 Å². The average molecular weight is 289 g/mol. The van der Waals surface area contributed by atoms with Gasteiger partial charge in [-0.1, -0.05) is 30.1 Å². The van der Waals surface area contributed by atoms with Gasteiger partial charge in [-0.3, -0.25) is 0 Å². The van der Waals surface area contributed by atoms with Crippen LogP contribution in [-0.4, -0.2) is 12.4 Å². The second kappa shape index (κ2) is 7.65. The molecule has 0 unspecified atom stereocenters.